The lowest BCUT2D eigenvalue weighted by atomic mass is 9.98. The number of aliphatic hydroxyl groups is 1. The zero-order valence-electron chi connectivity index (χ0n) is 11.7. The van der Waals surface area contributed by atoms with Gasteiger partial charge in [-0.2, -0.15) is 0 Å². The fourth-order valence-corrected chi connectivity index (χ4v) is 3.15. The topological polar surface area (TPSA) is 33.1 Å². The van der Waals surface area contributed by atoms with Crippen LogP contribution in [0, 0.1) is 0 Å². The predicted octanol–water partition coefficient (Wildman–Crippen LogP) is 5.02. The normalized spacial score (nSPS) is 13.5. The second kappa shape index (κ2) is 6.02. The first-order chi connectivity index (χ1) is 9.29. The second-order valence-electron chi connectivity index (χ2n) is 5.76. The maximum Gasteiger partial charge on any atom is 0.101 e. The Kier molecular flexibility index (Phi) is 4.75. The lowest BCUT2D eigenvalue weighted by Crippen LogP contribution is -2.11. The maximum atomic E-state index is 10.3. The Hall–Kier alpha value is -0.610. The molecule has 0 aliphatic heterocycles. The Balaban J connectivity index is 2.18. The zero-order chi connectivity index (χ0) is 14.9. The molecule has 1 atom stereocenters. The Bertz CT molecular complexity index is 604. The molecule has 5 heteroatoms. The Morgan fingerprint density at radius 1 is 1.30 bits per heavy atom. The molecule has 2 aromatic rings. The molecule has 1 aromatic heterocycles. The van der Waals surface area contributed by atoms with Gasteiger partial charge >= 0.3 is 0 Å². The van der Waals surface area contributed by atoms with Gasteiger partial charge in [-0.25, -0.2) is 4.98 Å². The van der Waals surface area contributed by atoms with Gasteiger partial charge in [0.2, 0.25) is 0 Å². The van der Waals surface area contributed by atoms with Crippen LogP contribution >= 0.6 is 34.5 Å². The third-order valence-corrected chi connectivity index (χ3v) is 5.09. The molecule has 0 fully saturated rings. The molecule has 20 heavy (non-hydrogen) atoms. The van der Waals surface area contributed by atoms with Crippen molar-refractivity contribution < 1.29 is 5.11 Å². The molecule has 0 radical (unpaired) electrons. The van der Waals surface area contributed by atoms with E-state index in [1.54, 1.807) is 17.4 Å². The molecule has 1 aromatic carbocycles. The van der Waals surface area contributed by atoms with Crippen molar-refractivity contribution in [1.29, 1.82) is 0 Å². The predicted molar refractivity (Wildman–Crippen MR) is 85.9 cm³/mol. The van der Waals surface area contributed by atoms with Crippen molar-refractivity contribution >= 4 is 34.5 Å². The van der Waals surface area contributed by atoms with Crippen LogP contribution in [0.5, 0.6) is 0 Å². The highest BCUT2D eigenvalue weighted by Gasteiger charge is 2.21. The summed E-state index contributed by atoms with van der Waals surface area (Å²) < 4.78 is 0. The molecule has 108 valence electrons. The molecule has 2 nitrogen and oxygen atoms in total. The van der Waals surface area contributed by atoms with Crippen LogP contribution in [-0.4, -0.2) is 10.1 Å². The van der Waals surface area contributed by atoms with E-state index in [0.29, 0.717) is 22.2 Å². The highest BCUT2D eigenvalue weighted by molar-refractivity contribution is 7.09. The van der Waals surface area contributed by atoms with E-state index in [0.717, 1.165) is 10.6 Å². The molecule has 0 saturated carbocycles. The van der Waals surface area contributed by atoms with Crippen LogP contribution in [0.4, 0.5) is 0 Å². The smallest absolute Gasteiger partial charge is 0.101 e. The Morgan fingerprint density at radius 2 is 2.00 bits per heavy atom. The first kappa shape index (κ1) is 15.8. The van der Waals surface area contributed by atoms with E-state index in [-0.39, 0.29) is 5.41 Å². The van der Waals surface area contributed by atoms with E-state index < -0.39 is 6.10 Å². The van der Waals surface area contributed by atoms with Gasteiger partial charge < -0.3 is 5.11 Å². The monoisotopic (exact) mass is 329 g/mol. The lowest BCUT2D eigenvalue weighted by molar-refractivity contribution is 0.174. The highest BCUT2D eigenvalue weighted by Crippen LogP contribution is 2.31. The van der Waals surface area contributed by atoms with Gasteiger partial charge in [-0.3, -0.25) is 0 Å². The fraction of sp³-hybridized carbons (Fsp3) is 0.400. The number of aromatic nitrogens is 1. The molecule has 0 aliphatic carbocycles. The summed E-state index contributed by atoms with van der Waals surface area (Å²) in [7, 11) is 0. The SMILES string of the molecule is CC(C)(C)c1nc(C(O)Cc2cccc(Cl)c2Cl)cs1. The molecule has 0 spiro atoms. The van der Waals surface area contributed by atoms with Gasteiger partial charge in [-0.05, 0) is 11.6 Å². The molecular formula is C15H17Cl2NOS. The van der Waals surface area contributed by atoms with Crippen molar-refractivity contribution in [2.45, 2.75) is 38.7 Å². The molecule has 2 rings (SSSR count). The number of nitrogens with zero attached hydrogens (tertiary/aromatic N) is 1. The molecule has 1 N–H and O–H groups in total. The van der Waals surface area contributed by atoms with E-state index in [4.69, 9.17) is 23.2 Å². The molecule has 1 unspecified atom stereocenters. The molecular weight excluding hydrogens is 313 g/mol. The van der Waals surface area contributed by atoms with E-state index in [9.17, 15) is 5.11 Å². The zero-order valence-corrected chi connectivity index (χ0v) is 14.0. The van der Waals surface area contributed by atoms with Crippen molar-refractivity contribution in [3.63, 3.8) is 0 Å². The average molecular weight is 330 g/mol. The minimum absolute atomic E-state index is 0.00363. The number of rotatable bonds is 3. The third kappa shape index (κ3) is 3.53. The van der Waals surface area contributed by atoms with Crippen LogP contribution in [0.3, 0.4) is 0 Å². The van der Waals surface area contributed by atoms with Gasteiger partial charge in [-0.15, -0.1) is 11.3 Å². The van der Waals surface area contributed by atoms with Crippen molar-refractivity contribution in [2.75, 3.05) is 0 Å². The molecule has 0 bridgehead atoms. The molecule has 0 amide bonds. The van der Waals surface area contributed by atoms with Crippen LogP contribution in [0.2, 0.25) is 10.0 Å². The summed E-state index contributed by atoms with van der Waals surface area (Å²) in [5.41, 5.74) is 1.52. The summed E-state index contributed by atoms with van der Waals surface area (Å²) in [4.78, 5) is 4.52. The van der Waals surface area contributed by atoms with Gasteiger partial charge in [0, 0.05) is 17.2 Å². The average Bonchev–Trinajstić information content (AvgIpc) is 2.84. The van der Waals surface area contributed by atoms with Crippen LogP contribution in [0.1, 0.15) is 43.1 Å². The van der Waals surface area contributed by atoms with E-state index in [2.05, 4.69) is 25.8 Å². The number of aliphatic hydroxyl groups excluding tert-OH is 1. The quantitative estimate of drug-likeness (QED) is 0.857. The lowest BCUT2D eigenvalue weighted by Gasteiger charge is -2.14. The largest absolute Gasteiger partial charge is 0.386 e. The highest BCUT2D eigenvalue weighted by atomic mass is 35.5. The summed E-state index contributed by atoms with van der Waals surface area (Å²) in [5, 5.41) is 14.2. The summed E-state index contributed by atoms with van der Waals surface area (Å²) >= 11 is 13.7. The van der Waals surface area contributed by atoms with Gasteiger partial charge in [0.05, 0.1) is 20.7 Å². The van der Waals surface area contributed by atoms with Gasteiger partial charge in [0.15, 0.2) is 0 Å². The van der Waals surface area contributed by atoms with Crippen molar-refractivity contribution in [2.24, 2.45) is 0 Å². The minimum atomic E-state index is -0.668. The van der Waals surface area contributed by atoms with Crippen molar-refractivity contribution in [3.8, 4) is 0 Å². The number of halogens is 2. The fourth-order valence-electron chi connectivity index (χ4n) is 1.80. The third-order valence-electron chi connectivity index (χ3n) is 2.95. The van der Waals surface area contributed by atoms with Gasteiger partial charge in [0.25, 0.3) is 0 Å². The van der Waals surface area contributed by atoms with E-state index in [1.807, 2.05) is 17.5 Å². The summed E-state index contributed by atoms with van der Waals surface area (Å²) in [6.45, 7) is 6.32. The van der Waals surface area contributed by atoms with Crippen LogP contribution < -0.4 is 0 Å². The van der Waals surface area contributed by atoms with Gasteiger partial charge in [-0.1, -0.05) is 56.1 Å². The van der Waals surface area contributed by atoms with Crippen molar-refractivity contribution in [1.82, 2.24) is 4.98 Å². The molecule has 0 aliphatic rings. The standard InChI is InChI=1S/C15H17Cl2NOS/c1-15(2,3)14-18-11(8-20-14)12(19)7-9-5-4-6-10(16)13(9)17/h4-6,8,12,19H,7H2,1-3H3. The van der Waals surface area contributed by atoms with E-state index >= 15 is 0 Å². The van der Waals surface area contributed by atoms with Gasteiger partial charge in [0.1, 0.15) is 6.10 Å². The van der Waals surface area contributed by atoms with Crippen LogP contribution in [0.25, 0.3) is 0 Å². The summed E-state index contributed by atoms with van der Waals surface area (Å²) in [6, 6.07) is 5.44. The Labute approximate surface area is 133 Å². The first-order valence-electron chi connectivity index (χ1n) is 6.36. The minimum Gasteiger partial charge on any atom is -0.386 e. The first-order valence-corrected chi connectivity index (χ1v) is 7.99. The summed E-state index contributed by atoms with van der Waals surface area (Å²) in [5.74, 6) is 0. The van der Waals surface area contributed by atoms with Crippen LogP contribution in [0.15, 0.2) is 23.6 Å². The second-order valence-corrected chi connectivity index (χ2v) is 7.40. The molecule has 0 saturated heterocycles. The maximum absolute atomic E-state index is 10.3. The molecule has 1 heterocycles. The van der Waals surface area contributed by atoms with Crippen LogP contribution in [-0.2, 0) is 11.8 Å². The van der Waals surface area contributed by atoms with Crippen molar-refractivity contribution in [3.05, 3.63) is 49.9 Å². The Morgan fingerprint density at radius 3 is 2.60 bits per heavy atom. The number of thiazole rings is 1. The van der Waals surface area contributed by atoms with E-state index in [1.165, 1.54) is 0 Å². The number of benzene rings is 1. The summed E-state index contributed by atoms with van der Waals surface area (Å²) in [6.07, 6.45) is -0.259. The number of hydrogen-bond donors (Lipinski definition) is 1. The number of hydrogen-bond acceptors (Lipinski definition) is 3.